The average molecular weight is 363 g/mol. The van der Waals surface area contributed by atoms with Crippen molar-refractivity contribution in [2.75, 3.05) is 0 Å². The van der Waals surface area contributed by atoms with Gasteiger partial charge in [-0.3, -0.25) is 9.59 Å². The largest absolute Gasteiger partial charge is 0.273 e. The van der Waals surface area contributed by atoms with E-state index < -0.39 is 0 Å². The summed E-state index contributed by atoms with van der Waals surface area (Å²) in [6.07, 6.45) is 11.3. The summed E-state index contributed by atoms with van der Waals surface area (Å²) in [5.74, 6) is 0.821. The molecule has 0 radical (unpaired) electrons. The van der Waals surface area contributed by atoms with Crippen LogP contribution in [0.2, 0.25) is 0 Å². The second-order valence-electron chi connectivity index (χ2n) is 7.78. The zero-order valence-electron chi connectivity index (χ0n) is 16.4. The molecule has 26 heavy (non-hydrogen) atoms. The van der Waals surface area contributed by atoms with E-state index in [0.29, 0.717) is 37.5 Å². The third-order valence-electron chi connectivity index (χ3n) is 5.48. The highest BCUT2D eigenvalue weighted by molar-refractivity contribution is 5.89. The van der Waals surface area contributed by atoms with Gasteiger partial charge in [-0.1, -0.05) is 26.7 Å². The van der Waals surface area contributed by atoms with Crippen molar-refractivity contribution in [3.05, 3.63) is 0 Å². The van der Waals surface area contributed by atoms with Crippen molar-refractivity contribution in [3.63, 3.8) is 0 Å². The number of nitrogens with one attached hydrogen (secondary N) is 2. The molecular weight excluding hydrogens is 328 g/mol. The quantitative estimate of drug-likeness (QED) is 0.531. The summed E-state index contributed by atoms with van der Waals surface area (Å²) in [6.45, 7) is 4.33. The molecule has 0 saturated heterocycles. The van der Waals surface area contributed by atoms with Gasteiger partial charge in [0.05, 0.1) is 0 Å². The summed E-state index contributed by atoms with van der Waals surface area (Å²) in [5.41, 5.74) is 7.56. The predicted molar refractivity (Wildman–Crippen MR) is 105 cm³/mol. The highest BCUT2D eigenvalue weighted by Crippen LogP contribution is 2.21. The summed E-state index contributed by atoms with van der Waals surface area (Å²) >= 11 is 0. The first-order valence-electron chi connectivity index (χ1n) is 10.3. The number of hydrogen-bond acceptors (Lipinski definition) is 4. The fourth-order valence-corrected chi connectivity index (χ4v) is 3.62. The molecule has 6 heteroatoms. The van der Waals surface area contributed by atoms with Crippen molar-refractivity contribution >= 4 is 23.2 Å². The lowest BCUT2D eigenvalue weighted by atomic mass is 9.89. The molecule has 146 valence electrons. The van der Waals surface area contributed by atoms with E-state index in [4.69, 9.17) is 0 Å². The molecule has 2 aliphatic rings. The Labute approximate surface area is 157 Å². The summed E-state index contributed by atoms with van der Waals surface area (Å²) in [6, 6.07) is 0. The maximum Gasteiger partial charge on any atom is 0.240 e. The van der Waals surface area contributed by atoms with E-state index in [1.54, 1.807) is 0 Å². The molecule has 0 aromatic rings. The van der Waals surface area contributed by atoms with Crippen molar-refractivity contribution < 1.29 is 9.59 Å². The van der Waals surface area contributed by atoms with E-state index in [1.807, 2.05) is 0 Å². The van der Waals surface area contributed by atoms with Crippen LogP contribution >= 0.6 is 0 Å². The minimum Gasteiger partial charge on any atom is -0.273 e. The van der Waals surface area contributed by atoms with Crippen LogP contribution in [0.3, 0.4) is 0 Å². The normalized spacial score (nSPS) is 26.7. The van der Waals surface area contributed by atoms with Crippen LogP contribution in [-0.2, 0) is 9.59 Å². The number of carbonyl (C=O) groups excluding carboxylic acids is 2. The van der Waals surface area contributed by atoms with Crippen LogP contribution in [0.1, 0.15) is 90.9 Å². The summed E-state index contributed by atoms with van der Waals surface area (Å²) in [7, 11) is 0. The molecule has 2 unspecified atom stereocenters. The monoisotopic (exact) mass is 362 g/mol. The van der Waals surface area contributed by atoms with Crippen molar-refractivity contribution in [2.45, 2.75) is 90.9 Å². The van der Waals surface area contributed by atoms with Crippen LogP contribution in [-0.4, -0.2) is 23.2 Å². The van der Waals surface area contributed by atoms with E-state index in [2.05, 4.69) is 34.9 Å². The Kier molecular flexibility index (Phi) is 8.78. The van der Waals surface area contributed by atoms with E-state index in [0.717, 1.165) is 49.9 Å². The first kappa shape index (κ1) is 20.6. The van der Waals surface area contributed by atoms with Crippen LogP contribution in [0.4, 0.5) is 0 Å². The maximum atomic E-state index is 11.9. The Morgan fingerprint density at radius 3 is 1.62 bits per heavy atom. The van der Waals surface area contributed by atoms with Crippen LogP contribution < -0.4 is 10.9 Å². The molecule has 6 nitrogen and oxygen atoms in total. The number of unbranched alkanes of at least 4 members (excludes halogenated alkanes) is 1. The van der Waals surface area contributed by atoms with Crippen LogP contribution in [0.25, 0.3) is 0 Å². The Morgan fingerprint density at radius 2 is 1.23 bits per heavy atom. The molecule has 2 aliphatic carbocycles. The molecule has 0 heterocycles. The van der Waals surface area contributed by atoms with Crippen molar-refractivity contribution in [1.82, 2.24) is 10.9 Å². The molecule has 2 N–H and O–H groups in total. The van der Waals surface area contributed by atoms with Gasteiger partial charge < -0.3 is 0 Å². The van der Waals surface area contributed by atoms with Gasteiger partial charge in [-0.2, -0.15) is 10.2 Å². The minimum absolute atomic E-state index is 0.0630. The Hall–Kier alpha value is -1.72. The second kappa shape index (κ2) is 11.1. The summed E-state index contributed by atoms with van der Waals surface area (Å²) in [5, 5.41) is 8.57. The number of amides is 2. The van der Waals surface area contributed by atoms with Crippen molar-refractivity contribution in [1.29, 1.82) is 0 Å². The summed E-state index contributed by atoms with van der Waals surface area (Å²) in [4.78, 5) is 23.7. The Bertz CT molecular complexity index is 494. The fourth-order valence-electron chi connectivity index (χ4n) is 3.62. The van der Waals surface area contributed by atoms with Gasteiger partial charge in [-0.25, -0.2) is 10.9 Å². The van der Waals surface area contributed by atoms with Gasteiger partial charge >= 0.3 is 0 Å². The Balaban J connectivity index is 1.57. The standard InChI is InChI=1S/C20H34N4O2/c1-15-9-3-5-11-17(15)21-23-19(25)13-7-8-14-20(26)24-22-18-12-6-4-10-16(18)2/h15-16H,3-14H2,1-2H3,(H,23,25)(H,24,26)/b21-17+,22-18+. The lowest BCUT2D eigenvalue weighted by molar-refractivity contribution is -0.123. The number of rotatable bonds is 7. The van der Waals surface area contributed by atoms with Gasteiger partial charge in [0, 0.05) is 24.3 Å². The number of nitrogens with zero attached hydrogens (tertiary/aromatic N) is 2. The van der Waals surface area contributed by atoms with E-state index >= 15 is 0 Å². The third kappa shape index (κ3) is 7.26. The molecule has 2 rings (SSSR count). The van der Waals surface area contributed by atoms with Crippen molar-refractivity contribution in [2.24, 2.45) is 22.0 Å². The van der Waals surface area contributed by atoms with E-state index in [-0.39, 0.29) is 11.8 Å². The molecule has 0 bridgehead atoms. The molecule has 2 saturated carbocycles. The first-order valence-corrected chi connectivity index (χ1v) is 10.3. The lowest BCUT2D eigenvalue weighted by Gasteiger charge is -2.19. The van der Waals surface area contributed by atoms with E-state index in [9.17, 15) is 9.59 Å². The molecule has 2 atom stereocenters. The molecule has 2 amide bonds. The zero-order chi connectivity index (χ0) is 18.8. The lowest BCUT2D eigenvalue weighted by Crippen LogP contribution is -2.25. The van der Waals surface area contributed by atoms with Gasteiger partial charge in [0.25, 0.3) is 0 Å². The molecule has 0 aromatic heterocycles. The predicted octanol–water partition coefficient (Wildman–Crippen LogP) is 3.91. The number of hydrogen-bond donors (Lipinski definition) is 2. The van der Waals surface area contributed by atoms with Gasteiger partial charge in [-0.15, -0.1) is 0 Å². The van der Waals surface area contributed by atoms with Gasteiger partial charge in [0.2, 0.25) is 11.8 Å². The molecule has 0 aromatic carbocycles. The molecule has 0 aliphatic heterocycles. The minimum atomic E-state index is -0.0630. The number of carbonyl (C=O) groups is 2. The highest BCUT2D eigenvalue weighted by Gasteiger charge is 2.17. The summed E-state index contributed by atoms with van der Waals surface area (Å²) < 4.78 is 0. The second-order valence-corrected chi connectivity index (χ2v) is 7.78. The Morgan fingerprint density at radius 1 is 0.808 bits per heavy atom. The molecule has 2 fully saturated rings. The molecular formula is C20H34N4O2. The van der Waals surface area contributed by atoms with Gasteiger partial charge in [-0.05, 0) is 63.2 Å². The third-order valence-corrected chi connectivity index (χ3v) is 5.48. The van der Waals surface area contributed by atoms with E-state index in [1.165, 1.54) is 12.8 Å². The highest BCUT2D eigenvalue weighted by atomic mass is 16.2. The topological polar surface area (TPSA) is 82.9 Å². The van der Waals surface area contributed by atoms with Gasteiger partial charge in [0.15, 0.2) is 0 Å². The van der Waals surface area contributed by atoms with Crippen LogP contribution in [0, 0.1) is 11.8 Å². The number of hydrazone groups is 2. The smallest absolute Gasteiger partial charge is 0.240 e. The SMILES string of the molecule is CC1CCCC/C1=N\NC(=O)CCCCC(=O)N/N=C1\CCCCC1C. The van der Waals surface area contributed by atoms with Crippen LogP contribution in [0.15, 0.2) is 10.2 Å². The zero-order valence-corrected chi connectivity index (χ0v) is 16.4. The maximum absolute atomic E-state index is 11.9. The van der Waals surface area contributed by atoms with Gasteiger partial charge in [0.1, 0.15) is 0 Å². The fraction of sp³-hybridized carbons (Fsp3) is 0.800. The first-order chi connectivity index (χ1) is 12.6. The van der Waals surface area contributed by atoms with Crippen LogP contribution in [0.5, 0.6) is 0 Å². The van der Waals surface area contributed by atoms with Crippen molar-refractivity contribution in [3.8, 4) is 0 Å². The molecule has 0 spiro atoms. The average Bonchev–Trinajstić information content (AvgIpc) is 2.64.